The van der Waals surface area contributed by atoms with Gasteiger partial charge >= 0.3 is 0 Å². The second-order valence-electron chi connectivity index (χ2n) is 4.93. The molecule has 0 bridgehead atoms. The quantitative estimate of drug-likeness (QED) is 0.465. The molecule has 0 aliphatic carbocycles. The maximum atomic E-state index is 12.9. The van der Waals surface area contributed by atoms with E-state index in [2.05, 4.69) is 27.2 Å². The molecule has 0 saturated heterocycles. The Labute approximate surface area is 141 Å². The lowest BCUT2D eigenvalue weighted by atomic mass is 10.3. The van der Waals surface area contributed by atoms with Gasteiger partial charge in [-0.15, -0.1) is 6.58 Å². The Bertz CT molecular complexity index is 668. The van der Waals surface area contributed by atoms with E-state index in [1.165, 1.54) is 12.1 Å². The molecule has 0 radical (unpaired) electrons. The minimum Gasteiger partial charge on any atom is -0.439 e. The Hall–Kier alpha value is -2.89. The van der Waals surface area contributed by atoms with Gasteiger partial charge in [-0.3, -0.25) is 0 Å². The van der Waals surface area contributed by atoms with Crippen LogP contribution in [-0.4, -0.2) is 24.0 Å². The van der Waals surface area contributed by atoms with Crippen LogP contribution in [0, 0.1) is 5.82 Å². The van der Waals surface area contributed by atoms with E-state index in [0.717, 1.165) is 18.1 Å². The van der Waals surface area contributed by atoms with Crippen molar-refractivity contribution in [2.24, 2.45) is 4.99 Å². The second kappa shape index (κ2) is 9.29. The van der Waals surface area contributed by atoms with Gasteiger partial charge in [-0.05, 0) is 36.8 Å². The van der Waals surface area contributed by atoms with E-state index in [1.54, 1.807) is 30.5 Å². The number of nitrogens with one attached hydrogen (secondary N) is 2. The maximum Gasteiger partial charge on any atom is 0.219 e. The van der Waals surface area contributed by atoms with Gasteiger partial charge in [0.05, 0.1) is 6.54 Å². The molecule has 2 N–H and O–H groups in total. The van der Waals surface area contributed by atoms with Gasteiger partial charge in [-0.2, -0.15) is 0 Å². The van der Waals surface area contributed by atoms with E-state index in [4.69, 9.17) is 4.74 Å². The van der Waals surface area contributed by atoms with E-state index in [9.17, 15) is 4.39 Å². The highest BCUT2D eigenvalue weighted by Crippen LogP contribution is 2.19. The van der Waals surface area contributed by atoms with Crippen LogP contribution in [0.1, 0.15) is 12.5 Å². The van der Waals surface area contributed by atoms with Gasteiger partial charge < -0.3 is 15.4 Å². The molecule has 1 aromatic carbocycles. The normalized spacial score (nSPS) is 11.0. The van der Waals surface area contributed by atoms with E-state index in [-0.39, 0.29) is 5.82 Å². The lowest BCUT2D eigenvalue weighted by Gasteiger charge is -2.09. The number of nitrogens with zero attached hydrogens (tertiary/aromatic N) is 2. The van der Waals surface area contributed by atoms with Crippen molar-refractivity contribution < 1.29 is 9.13 Å². The number of hydrogen-bond acceptors (Lipinski definition) is 3. The molecule has 6 heteroatoms. The molecule has 0 amide bonds. The van der Waals surface area contributed by atoms with Crippen LogP contribution in [0.3, 0.4) is 0 Å². The molecule has 0 aliphatic heterocycles. The zero-order valence-corrected chi connectivity index (χ0v) is 13.6. The van der Waals surface area contributed by atoms with Crippen LogP contribution in [0.5, 0.6) is 11.6 Å². The van der Waals surface area contributed by atoms with Crippen LogP contribution in [0.15, 0.2) is 60.2 Å². The Morgan fingerprint density at radius 2 is 2.04 bits per heavy atom. The van der Waals surface area contributed by atoms with Crippen molar-refractivity contribution in [2.75, 3.05) is 13.1 Å². The fourth-order valence-corrected chi connectivity index (χ4v) is 1.87. The van der Waals surface area contributed by atoms with E-state index in [1.807, 2.05) is 13.0 Å². The molecule has 0 fully saturated rings. The van der Waals surface area contributed by atoms with Crippen LogP contribution < -0.4 is 15.4 Å². The molecule has 0 aliphatic rings. The average Bonchev–Trinajstić information content (AvgIpc) is 2.60. The highest BCUT2D eigenvalue weighted by molar-refractivity contribution is 5.79. The predicted octanol–water partition coefficient (Wildman–Crippen LogP) is 3.25. The van der Waals surface area contributed by atoms with E-state index >= 15 is 0 Å². The summed E-state index contributed by atoms with van der Waals surface area (Å²) in [6, 6.07) is 9.46. The minimum absolute atomic E-state index is 0.301. The zero-order chi connectivity index (χ0) is 17.2. The summed E-state index contributed by atoms with van der Waals surface area (Å²) in [5.74, 6) is 1.41. The van der Waals surface area contributed by atoms with Crippen molar-refractivity contribution in [3.63, 3.8) is 0 Å². The Balaban J connectivity index is 1.95. The molecule has 1 aromatic heterocycles. The molecular weight excluding hydrogens is 307 g/mol. The topological polar surface area (TPSA) is 58.5 Å². The van der Waals surface area contributed by atoms with Crippen molar-refractivity contribution in [3.8, 4) is 11.6 Å². The van der Waals surface area contributed by atoms with E-state index in [0.29, 0.717) is 24.7 Å². The number of guanidine groups is 1. The summed E-state index contributed by atoms with van der Waals surface area (Å²) in [4.78, 5) is 8.71. The van der Waals surface area contributed by atoms with Gasteiger partial charge in [0.2, 0.25) is 5.88 Å². The van der Waals surface area contributed by atoms with Crippen LogP contribution in [-0.2, 0) is 6.54 Å². The summed E-state index contributed by atoms with van der Waals surface area (Å²) in [5.41, 5.74) is 0.956. The standard InChI is InChI=1S/C18H21FN4O/c1-3-11-21-18(20-4-2)23-13-14-5-10-17(22-12-14)24-16-8-6-15(19)7-9-16/h3,5-10,12H,1,4,11,13H2,2H3,(H2,20,21,23). The van der Waals surface area contributed by atoms with Crippen LogP contribution in [0.2, 0.25) is 0 Å². The molecule has 0 saturated carbocycles. The summed E-state index contributed by atoms with van der Waals surface area (Å²) < 4.78 is 18.4. The molecule has 0 spiro atoms. The Morgan fingerprint density at radius 1 is 1.25 bits per heavy atom. The molecule has 24 heavy (non-hydrogen) atoms. The fourth-order valence-electron chi connectivity index (χ4n) is 1.87. The first-order valence-electron chi connectivity index (χ1n) is 7.72. The third-order valence-electron chi connectivity index (χ3n) is 3.01. The number of aromatic nitrogens is 1. The van der Waals surface area contributed by atoms with Crippen LogP contribution >= 0.6 is 0 Å². The number of aliphatic imine (C=N–C) groups is 1. The number of halogens is 1. The number of pyridine rings is 1. The van der Waals surface area contributed by atoms with E-state index < -0.39 is 0 Å². The third kappa shape index (κ3) is 5.72. The van der Waals surface area contributed by atoms with Gasteiger partial charge in [0, 0.05) is 25.4 Å². The Morgan fingerprint density at radius 3 is 2.67 bits per heavy atom. The van der Waals surface area contributed by atoms with Gasteiger partial charge in [-0.1, -0.05) is 12.1 Å². The largest absolute Gasteiger partial charge is 0.439 e. The fraction of sp³-hybridized carbons (Fsp3) is 0.222. The number of hydrogen-bond donors (Lipinski definition) is 2. The van der Waals surface area contributed by atoms with Crippen LogP contribution in [0.4, 0.5) is 4.39 Å². The number of ether oxygens (including phenoxy) is 1. The summed E-state index contributed by atoms with van der Waals surface area (Å²) >= 11 is 0. The van der Waals surface area contributed by atoms with Gasteiger partial charge in [0.15, 0.2) is 5.96 Å². The molecule has 126 valence electrons. The molecule has 0 unspecified atom stereocenters. The zero-order valence-electron chi connectivity index (χ0n) is 13.6. The number of rotatable bonds is 7. The first kappa shape index (κ1) is 17.5. The Kier molecular flexibility index (Phi) is 6.76. The minimum atomic E-state index is -0.301. The monoisotopic (exact) mass is 328 g/mol. The molecule has 2 rings (SSSR count). The maximum absolute atomic E-state index is 12.9. The van der Waals surface area contributed by atoms with Crippen LogP contribution in [0.25, 0.3) is 0 Å². The van der Waals surface area contributed by atoms with Gasteiger partial charge in [0.1, 0.15) is 11.6 Å². The summed E-state index contributed by atoms with van der Waals surface area (Å²) in [5, 5.41) is 6.29. The highest BCUT2D eigenvalue weighted by atomic mass is 19.1. The SMILES string of the molecule is C=CCNC(=NCc1ccc(Oc2ccc(F)cc2)nc1)NCC. The van der Waals surface area contributed by atoms with Crippen molar-refractivity contribution in [1.29, 1.82) is 0 Å². The predicted molar refractivity (Wildman–Crippen MR) is 93.7 cm³/mol. The van der Waals surface area contributed by atoms with Gasteiger partial charge in [0.25, 0.3) is 0 Å². The highest BCUT2D eigenvalue weighted by Gasteiger charge is 2.01. The number of benzene rings is 1. The van der Waals surface area contributed by atoms with Crippen molar-refractivity contribution >= 4 is 5.96 Å². The van der Waals surface area contributed by atoms with Gasteiger partial charge in [-0.25, -0.2) is 14.4 Å². The summed E-state index contributed by atoms with van der Waals surface area (Å²) in [7, 11) is 0. The summed E-state index contributed by atoms with van der Waals surface area (Å²) in [6.07, 6.45) is 3.48. The first-order valence-corrected chi connectivity index (χ1v) is 7.72. The molecule has 1 heterocycles. The second-order valence-corrected chi connectivity index (χ2v) is 4.93. The smallest absolute Gasteiger partial charge is 0.219 e. The third-order valence-corrected chi connectivity index (χ3v) is 3.01. The first-order chi connectivity index (χ1) is 11.7. The average molecular weight is 328 g/mol. The lowest BCUT2D eigenvalue weighted by molar-refractivity contribution is 0.461. The molecular formula is C18H21FN4O. The lowest BCUT2D eigenvalue weighted by Crippen LogP contribution is -2.37. The van der Waals surface area contributed by atoms with Crippen molar-refractivity contribution in [1.82, 2.24) is 15.6 Å². The van der Waals surface area contributed by atoms with Crippen molar-refractivity contribution in [2.45, 2.75) is 13.5 Å². The molecule has 5 nitrogen and oxygen atoms in total. The van der Waals surface area contributed by atoms with Crippen molar-refractivity contribution in [3.05, 3.63) is 66.6 Å². The molecule has 2 aromatic rings. The summed E-state index contributed by atoms with van der Waals surface area (Å²) in [6.45, 7) is 7.61. The molecule has 0 atom stereocenters.